The topological polar surface area (TPSA) is 97.3 Å². The summed E-state index contributed by atoms with van der Waals surface area (Å²) < 4.78 is 39.2. The molecule has 4 rings (SSSR count). The van der Waals surface area contributed by atoms with Crippen LogP contribution in [0, 0.1) is 6.92 Å². The van der Waals surface area contributed by atoms with Crippen molar-refractivity contribution in [1.82, 2.24) is 5.43 Å². The first-order valence-electron chi connectivity index (χ1n) is 12.8. The lowest BCUT2D eigenvalue weighted by atomic mass is 10.2. The molecule has 0 aliphatic rings. The average molecular weight is 558 g/mol. The fraction of sp³-hybridized carbons (Fsp3) is 0.161. The van der Waals surface area contributed by atoms with Crippen molar-refractivity contribution >= 4 is 27.8 Å². The normalized spacial score (nSPS) is 11.2. The molecule has 0 radical (unpaired) electrons. The number of hydrogen-bond acceptors (Lipinski definition) is 6. The van der Waals surface area contributed by atoms with Gasteiger partial charge in [-0.15, -0.1) is 0 Å². The molecule has 8 nitrogen and oxygen atoms in total. The van der Waals surface area contributed by atoms with Crippen LogP contribution in [0.1, 0.15) is 23.6 Å². The van der Waals surface area contributed by atoms with Gasteiger partial charge in [-0.1, -0.05) is 48.0 Å². The van der Waals surface area contributed by atoms with E-state index in [1.165, 1.54) is 23.9 Å². The summed E-state index contributed by atoms with van der Waals surface area (Å²) >= 11 is 0. The number of benzene rings is 4. The minimum Gasteiger partial charge on any atom is -0.494 e. The monoisotopic (exact) mass is 557 g/mol. The molecule has 0 aromatic heterocycles. The van der Waals surface area contributed by atoms with Crippen LogP contribution < -0.4 is 19.2 Å². The Morgan fingerprint density at radius 3 is 2.12 bits per heavy atom. The minimum absolute atomic E-state index is 0.0740. The first-order valence-corrected chi connectivity index (χ1v) is 14.2. The largest absolute Gasteiger partial charge is 0.494 e. The zero-order chi connectivity index (χ0) is 28.4. The number of amides is 1. The third kappa shape index (κ3) is 7.70. The van der Waals surface area contributed by atoms with E-state index in [2.05, 4.69) is 10.5 Å². The van der Waals surface area contributed by atoms with Gasteiger partial charge in [-0.2, -0.15) is 5.10 Å². The van der Waals surface area contributed by atoms with Crippen LogP contribution in [0.25, 0.3) is 0 Å². The Kier molecular flexibility index (Phi) is 9.53. The number of nitrogens with one attached hydrogen (secondary N) is 1. The Hall–Kier alpha value is -4.63. The number of ether oxygens (including phenoxy) is 2. The van der Waals surface area contributed by atoms with Crippen molar-refractivity contribution in [3.63, 3.8) is 0 Å². The molecule has 4 aromatic carbocycles. The second kappa shape index (κ2) is 13.4. The summed E-state index contributed by atoms with van der Waals surface area (Å²) in [6, 6.07) is 29.9. The van der Waals surface area contributed by atoms with Crippen LogP contribution in [0.2, 0.25) is 0 Å². The van der Waals surface area contributed by atoms with E-state index in [4.69, 9.17) is 9.47 Å². The van der Waals surface area contributed by atoms with E-state index in [1.807, 2.05) is 62.4 Å². The van der Waals surface area contributed by atoms with Gasteiger partial charge in [0.05, 0.1) is 23.4 Å². The van der Waals surface area contributed by atoms with Gasteiger partial charge in [-0.3, -0.25) is 9.10 Å². The Labute approximate surface area is 234 Å². The lowest BCUT2D eigenvalue weighted by molar-refractivity contribution is -0.119. The molecule has 0 heterocycles. The number of nitrogens with zero attached hydrogens (tertiary/aromatic N) is 2. The molecule has 40 heavy (non-hydrogen) atoms. The summed E-state index contributed by atoms with van der Waals surface area (Å²) in [6.07, 6.45) is 1.48. The van der Waals surface area contributed by atoms with E-state index in [9.17, 15) is 13.2 Å². The molecule has 9 heteroatoms. The van der Waals surface area contributed by atoms with Crippen molar-refractivity contribution in [3.8, 4) is 11.5 Å². The second-order valence-corrected chi connectivity index (χ2v) is 10.8. The third-order valence-electron chi connectivity index (χ3n) is 5.86. The van der Waals surface area contributed by atoms with Crippen LogP contribution in [0.3, 0.4) is 0 Å². The molecule has 0 unspecified atom stereocenters. The van der Waals surface area contributed by atoms with Crippen LogP contribution in [0.4, 0.5) is 5.69 Å². The lowest BCUT2D eigenvalue weighted by Gasteiger charge is -2.24. The van der Waals surface area contributed by atoms with Crippen LogP contribution in [-0.2, 0) is 21.4 Å². The zero-order valence-corrected chi connectivity index (χ0v) is 23.2. The molecule has 0 aliphatic heterocycles. The highest BCUT2D eigenvalue weighted by atomic mass is 32.2. The van der Waals surface area contributed by atoms with E-state index in [-0.39, 0.29) is 4.90 Å². The van der Waals surface area contributed by atoms with Gasteiger partial charge in [0.1, 0.15) is 24.7 Å². The molecule has 0 bridgehead atoms. The smallest absolute Gasteiger partial charge is 0.264 e. The maximum Gasteiger partial charge on any atom is 0.264 e. The molecule has 0 saturated carbocycles. The van der Waals surface area contributed by atoms with Gasteiger partial charge in [0.25, 0.3) is 15.9 Å². The standard InChI is InChI=1S/C31H31N3O5S/c1-3-38-28-19-15-27(16-20-28)34(40(36,37)30-7-5-4-6-8-30)22-31(35)33-32-21-25-13-17-29(18-14-25)39-23-26-11-9-24(2)10-12-26/h4-21H,3,22-23H2,1-2H3,(H,33,35)/b32-21-. The number of anilines is 1. The fourth-order valence-electron chi connectivity index (χ4n) is 3.76. The highest BCUT2D eigenvalue weighted by molar-refractivity contribution is 7.92. The van der Waals surface area contributed by atoms with Gasteiger partial charge in [0.2, 0.25) is 0 Å². The van der Waals surface area contributed by atoms with Crippen molar-refractivity contribution in [2.24, 2.45) is 5.10 Å². The highest BCUT2D eigenvalue weighted by Gasteiger charge is 2.27. The molecule has 206 valence electrons. The summed E-state index contributed by atoms with van der Waals surface area (Å²) in [6.45, 7) is 4.38. The molecule has 0 spiro atoms. The van der Waals surface area contributed by atoms with Crippen LogP contribution in [-0.4, -0.2) is 33.7 Å². The van der Waals surface area contributed by atoms with Gasteiger partial charge < -0.3 is 9.47 Å². The molecular weight excluding hydrogens is 526 g/mol. The predicted octanol–water partition coefficient (Wildman–Crippen LogP) is 5.32. The van der Waals surface area contributed by atoms with E-state index < -0.39 is 22.5 Å². The van der Waals surface area contributed by atoms with Gasteiger partial charge in [0, 0.05) is 0 Å². The van der Waals surface area contributed by atoms with Crippen molar-refractivity contribution in [2.45, 2.75) is 25.3 Å². The van der Waals surface area contributed by atoms with Crippen molar-refractivity contribution in [2.75, 3.05) is 17.5 Å². The summed E-state index contributed by atoms with van der Waals surface area (Å²) in [4.78, 5) is 12.9. The summed E-state index contributed by atoms with van der Waals surface area (Å²) in [7, 11) is -4.02. The maximum atomic E-state index is 13.4. The quantitative estimate of drug-likeness (QED) is 0.188. The van der Waals surface area contributed by atoms with Crippen LogP contribution >= 0.6 is 0 Å². The minimum atomic E-state index is -4.02. The number of rotatable bonds is 12. The predicted molar refractivity (Wildman–Crippen MR) is 156 cm³/mol. The Morgan fingerprint density at radius 1 is 0.850 bits per heavy atom. The summed E-state index contributed by atoms with van der Waals surface area (Å²) in [5.74, 6) is 0.713. The molecule has 4 aromatic rings. The number of hydrogen-bond donors (Lipinski definition) is 1. The first-order chi connectivity index (χ1) is 19.3. The van der Waals surface area contributed by atoms with Crippen LogP contribution in [0.15, 0.2) is 113 Å². The number of aryl methyl sites for hydroxylation is 1. The number of hydrazone groups is 1. The molecular formula is C31H31N3O5S. The van der Waals surface area contributed by atoms with Crippen LogP contribution in [0.5, 0.6) is 11.5 Å². The average Bonchev–Trinajstić information content (AvgIpc) is 2.97. The number of carbonyl (C=O) groups excluding carboxylic acids is 1. The van der Waals surface area contributed by atoms with Crippen molar-refractivity contribution < 1.29 is 22.7 Å². The van der Waals surface area contributed by atoms with Crippen molar-refractivity contribution in [1.29, 1.82) is 0 Å². The molecule has 1 amide bonds. The molecule has 0 atom stereocenters. The molecule has 0 fully saturated rings. The zero-order valence-electron chi connectivity index (χ0n) is 22.4. The van der Waals surface area contributed by atoms with E-state index in [0.717, 1.165) is 15.4 Å². The first kappa shape index (κ1) is 28.4. The Bertz CT molecular complexity index is 1520. The van der Waals surface area contributed by atoms with Gasteiger partial charge in [-0.25, -0.2) is 13.8 Å². The van der Waals surface area contributed by atoms with Crippen molar-refractivity contribution in [3.05, 3.63) is 120 Å². The summed E-state index contributed by atoms with van der Waals surface area (Å²) in [5, 5.41) is 4.01. The highest BCUT2D eigenvalue weighted by Crippen LogP contribution is 2.25. The summed E-state index contributed by atoms with van der Waals surface area (Å²) in [5.41, 5.74) is 5.76. The molecule has 0 aliphatic carbocycles. The fourth-order valence-corrected chi connectivity index (χ4v) is 5.20. The molecule has 1 N–H and O–H groups in total. The van der Waals surface area contributed by atoms with E-state index in [1.54, 1.807) is 42.5 Å². The third-order valence-corrected chi connectivity index (χ3v) is 7.65. The van der Waals surface area contributed by atoms with E-state index in [0.29, 0.717) is 30.4 Å². The van der Waals surface area contributed by atoms with Gasteiger partial charge >= 0.3 is 0 Å². The second-order valence-electron chi connectivity index (χ2n) is 8.89. The Morgan fingerprint density at radius 2 is 1.48 bits per heavy atom. The Balaban J connectivity index is 1.40. The maximum absolute atomic E-state index is 13.4. The number of carbonyl (C=O) groups is 1. The SMILES string of the molecule is CCOc1ccc(N(CC(=O)N/N=C\c2ccc(OCc3ccc(C)cc3)cc2)S(=O)(=O)c2ccccc2)cc1. The van der Waals surface area contributed by atoms with Gasteiger partial charge in [0.15, 0.2) is 0 Å². The van der Waals surface area contributed by atoms with Gasteiger partial charge in [-0.05, 0) is 85.6 Å². The lowest BCUT2D eigenvalue weighted by Crippen LogP contribution is -2.39. The number of sulfonamides is 1. The molecule has 0 saturated heterocycles. The van der Waals surface area contributed by atoms with E-state index >= 15 is 0 Å².